The molecule has 1 aromatic heterocycles. The lowest BCUT2D eigenvalue weighted by Crippen LogP contribution is -2.45. The standard InChI is InChI=1S/C10H15N3O.C2H6/c1-8-5-13(6-9(2)14-8)10-3-4-11-7-12-10;1-2/h3-4,7-9H,5-6H2,1-2H3;1-2H3. The van der Waals surface area contributed by atoms with Crippen LogP contribution in [0, 0.1) is 0 Å². The largest absolute Gasteiger partial charge is 0.372 e. The second kappa shape index (κ2) is 6.43. The van der Waals surface area contributed by atoms with E-state index in [0.29, 0.717) is 0 Å². The molecular weight excluding hydrogens is 202 g/mol. The molecule has 1 aliphatic rings. The number of rotatable bonds is 1. The lowest BCUT2D eigenvalue weighted by Gasteiger charge is -2.35. The quantitative estimate of drug-likeness (QED) is 0.731. The average molecular weight is 223 g/mol. The van der Waals surface area contributed by atoms with Gasteiger partial charge in [0.2, 0.25) is 0 Å². The van der Waals surface area contributed by atoms with Crippen LogP contribution < -0.4 is 4.90 Å². The number of ether oxygens (including phenoxy) is 1. The third-order valence-electron chi connectivity index (χ3n) is 2.31. The Balaban J connectivity index is 0.000000606. The lowest BCUT2D eigenvalue weighted by atomic mass is 10.2. The topological polar surface area (TPSA) is 38.2 Å². The summed E-state index contributed by atoms with van der Waals surface area (Å²) in [5.41, 5.74) is 0. The normalized spacial score (nSPS) is 24.6. The molecule has 0 amide bonds. The fourth-order valence-electron chi connectivity index (χ4n) is 1.84. The Morgan fingerprint density at radius 3 is 2.38 bits per heavy atom. The fraction of sp³-hybridized carbons (Fsp3) is 0.667. The summed E-state index contributed by atoms with van der Waals surface area (Å²) in [6.45, 7) is 9.98. The number of hydrogen-bond acceptors (Lipinski definition) is 4. The van der Waals surface area contributed by atoms with E-state index in [1.165, 1.54) is 0 Å². The minimum atomic E-state index is 0.272. The molecule has 16 heavy (non-hydrogen) atoms. The van der Waals surface area contributed by atoms with Crippen molar-refractivity contribution < 1.29 is 4.74 Å². The van der Waals surface area contributed by atoms with Crippen LogP contribution in [0.1, 0.15) is 27.7 Å². The van der Waals surface area contributed by atoms with Crippen molar-refractivity contribution in [3.8, 4) is 0 Å². The molecule has 1 aromatic rings. The third kappa shape index (κ3) is 3.45. The summed E-state index contributed by atoms with van der Waals surface area (Å²) >= 11 is 0. The lowest BCUT2D eigenvalue weighted by molar-refractivity contribution is -0.00546. The Hall–Kier alpha value is -1.16. The zero-order chi connectivity index (χ0) is 12.0. The van der Waals surface area contributed by atoms with E-state index < -0.39 is 0 Å². The minimum Gasteiger partial charge on any atom is -0.372 e. The number of nitrogens with zero attached hydrogens (tertiary/aromatic N) is 3. The van der Waals surface area contributed by atoms with Crippen LogP contribution in [0.5, 0.6) is 0 Å². The third-order valence-corrected chi connectivity index (χ3v) is 2.31. The van der Waals surface area contributed by atoms with E-state index in [1.807, 2.05) is 19.9 Å². The molecule has 0 aliphatic carbocycles. The van der Waals surface area contributed by atoms with E-state index >= 15 is 0 Å². The Morgan fingerprint density at radius 1 is 1.25 bits per heavy atom. The zero-order valence-corrected chi connectivity index (χ0v) is 10.6. The van der Waals surface area contributed by atoms with Gasteiger partial charge >= 0.3 is 0 Å². The Kier molecular flexibility index (Phi) is 5.19. The maximum absolute atomic E-state index is 5.65. The Bertz CT molecular complexity index is 282. The van der Waals surface area contributed by atoms with E-state index in [9.17, 15) is 0 Å². The zero-order valence-electron chi connectivity index (χ0n) is 10.6. The molecule has 4 heteroatoms. The predicted molar refractivity (Wildman–Crippen MR) is 65.6 cm³/mol. The van der Waals surface area contributed by atoms with E-state index in [2.05, 4.69) is 28.7 Å². The molecule has 0 spiro atoms. The molecular formula is C12H21N3O. The van der Waals surface area contributed by atoms with Crippen molar-refractivity contribution in [1.29, 1.82) is 0 Å². The van der Waals surface area contributed by atoms with E-state index in [-0.39, 0.29) is 12.2 Å². The monoisotopic (exact) mass is 223 g/mol. The minimum absolute atomic E-state index is 0.272. The first-order chi connectivity index (χ1) is 7.75. The van der Waals surface area contributed by atoms with Crippen molar-refractivity contribution in [3.05, 3.63) is 18.6 Å². The fourth-order valence-corrected chi connectivity index (χ4v) is 1.84. The van der Waals surface area contributed by atoms with Gasteiger partial charge < -0.3 is 9.64 Å². The second-order valence-electron chi connectivity index (χ2n) is 3.73. The summed E-state index contributed by atoms with van der Waals surface area (Å²) in [5.74, 6) is 0.988. The van der Waals surface area contributed by atoms with Crippen LogP contribution in [0.3, 0.4) is 0 Å². The Labute approximate surface area is 97.7 Å². The molecule has 0 bridgehead atoms. The maximum Gasteiger partial charge on any atom is 0.132 e. The SMILES string of the molecule is CC.CC1CN(c2ccncn2)CC(C)O1. The van der Waals surface area contributed by atoms with Gasteiger partial charge in [0.1, 0.15) is 12.1 Å². The number of hydrogen-bond donors (Lipinski definition) is 0. The molecule has 90 valence electrons. The highest BCUT2D eigenvalue weighted by Crippen LogP contribution is 2.16. The van der Waals surface area contributed by atoms with E-state index in [0.717, 1.165) is 18.9 Å². The van der Waals surface area contributed by atoms with Crippen molar-refractivity contribution in [3.63, 3.8) is 0 Å². The van der Waals surface area contributed by atoms with Gasteiger partial charge in [-0.25, -0.2) is 9.97 Å². The Morgan fingerprint density at radius 2 is 1.88 bits per heavy atom. The first-order valence-corrected chi connectivity index (χ1v) is 5.92. The highest BCUT2D eigenvalue weighted by atomic mass is 16.5. The molecule has 2 rings (SSSR count). The summed E-state index contributed by atoms with van der Waals surface area (Å²) in [6.07, 6.45) is 3.90. The van der Waals surface area contributed by atoms with Gasteiger partial charge in [0, 0.05) is 19.3 Å². The molecule has 1 saturated heterocycles. The van der Waals surface area contributed by atoms with Gasteiger partial charge in [-0.2, -0.15) is 0 Å². The molecule has 2 heterocycles. The second-order valence-corrected chi connectivity index (χ2v) is 3.73. The van der Waals surface area contributed by atoms with Crippen LogP contribution in [0.4, 0.5) is 5.82 Å². The van der Waals surface area contributed by atoms with Crippen LogP contribution in [-0.2, 0) is 4.74 Å². The highest BCUT2D eigenvalue weighted by molar-refractivity contribution is 5.37. The van der Waals surface area contributed by atoms with Crippen LogP contribution in [0.2, 0.25) is 0 Å². The van der Waals surface area contributed by atoms with Gasteiger partial charge in [-0.15, -0.1) is 0 Å². The van der Waals surface area contributed by atoms with Gasteiger partial charge in [0.05, 0.1) is 12.2 Å². The van der Waals surface area contributed by atoms with Crippen LogP contribution in [-0.4, -0.2) is 35.3 Å². The number of morpholine rings is 1. The molecule has 2 unspecified atom stereocenters. The van der Waals surface area contributed by atoms with Gasteiger partial charge in [-0.1, -0.05) is 13.8 Å². The summed E-state index contributed by atoms with van der Waals surface area (Å²) in [7, 11) is 0. The van der Waals surface area contributed by atoms with E-state index in [4.69, 9.17) is 4.74 Å². The molecule has 0 N–H and O–H groups in total. The smallest absolute Gasteiger partial charge is 0.132 e. The van der Waals surface area contributed by atoms with Crippen molar-refractivity contribution >= 4 is 5.82 Å². The maximum atomic E-state index is 5.65. The number of anilines is 1. The predicted octanol–water partition coefficient (Wildman–Crippen LogP) is 2.12. The summed E-state index contributed by atoms with van der Waals surface area (Å²) in [4.78, 5) is 10.4. The molecule has 2 atom stereocenters. The summed E-state index contributed by atoms with van der Waals surface area (Å²) in [6, 6.07) is 1.94. The number of aromatic nitrogens is 2. The summed E-state index contributed by atoms with van der Waals surface area (Å²) < 4.78 is 5.65. The molecule has 1 aliphatic heterocycles. The van der Waals surface area contributed by atoms with E-state index in [1.54, 1.807) is 12.5 Å². The first-order valence-electron chi connectivity index (χ1n) is 5.92. The first kappa shape index (κ1) is 12.9. The summed E-state index contributed by atoms with van der Waals surface area (Å²) in [5, 5.41) is 0. The molecule has 0 radical (unpaired) electrons. The van der Waals surface area contributed by atoms with Crippen molar-refractivity contribution in [2.75, 3.05) is 18.0 Å². The molecule has 0 saturated carbocycles. The van der Waals surface area contributed by atoms with Crippen LogP contribution in [0.15, 0.2) is 18.6 Å². The van der Waals surface area contributed by atoms with Gasteiger partial charge in [-0.3, -0.25) is 0 Å². The van der Waals surface area contributed by atoms with Crippen molar-refractivity contribution in [2.24, 2.45) is 0 Å². The molecule has 0 aromatic carbocycles. The van der Waals surface area contributed by atoms with Crippen molar-refractivity contribution in [1.82, 2.24) is 9.97 Å². The molecule has 4 nitrogen and oxygen atoms in total. The molecule has 1 fully saturated rings. The van der Waals surface area contributed by atoms with Gasteiger partial charge in [0.15, 0.2) is 0 Å². The van der Waals surface area contributed by atoms with Gasteiger partial charge in [0.25, 0.3) is 0 Å². The van der Waals surface area contributed by atoms with Crippen LogP contribution >= 0.6 is 0 Å². The average Bonchev–Trinajstić information content (AvgIpc) is 2.32. The van der Waals surface area contributed by atoms with Gasteiger partial charge in [-0.05, 0) is 19.9 Å². The highest BCUT2D eigenvalue weighted by Gasteiger charge is 2.22. The van der Waals surface area contributed by atoms with Crippen molar-refractivity contribution in [2.45, 2.75) is 39.9 Å². The van der Waals surface area contributed by atoms with Crippen LogP contribution in [0.25, 0.3) is 0 Å².